The Morgan fingerprint density at radius 1 is 0.720 bits per heavy atom. The van der Waals surface area contributed by atoms with Gasteiger partial charge in [0.05, 0.1) is 17.1 Å². The van der Waals surface area contributed by atoms with Gasteiger partial charge in [-0.05, 0) is 36.8 Å². The summed E-state index contributed by atoms with van der Waals surface area (Å²) in [4.78, 5) is 9.71. The van der Waals surface area contributed by atoms with Crippen molar-refractivity contribution in [1.29, 1.82) is 0 Å². The summed E-state index contributed by atoms with van der Waals surface area (Å²) in [6.45, 7) is 2.10. The summed E-state index contributed by atoms with van der Waals surface area (Å²) < 4.78 is 0. The van der Waals surface area contributed by atoms with Crippen LogP contribution in [-0.2, 0) is 0 Å². The molecule has 0 aromatic heterocycles. The van der Waals surface area contributed by atoms with Crippen molar-refractivity contribution in [1.82, 2.24) is 0 Å². The summed E-state index contributed by atoms with van der Waals surface area (Å²) >= 11 is 0. The van der Waals surface area contributed by atoms with Crippen LogP contribution in [0.3, 0.4) is 0 Å². The predicted molar refractivity (Wildman–Crippen MR) is 106 cm³/mol. The van der Waals surface area contributed by atoms with E-state index in [0.29, 0.717) is 6.42 Å². The summed E-state index contributed by atoms with van der Waals surface area (Å²) in [7, 11) is 0. The number of aliphatic imine (C=N–C) groups is 2. The number of aryl methyl sites for hydroxylation is 1. The van der Waals surface area contributed by atoms with Crippen LogP contribution in [0.4, 0.5) is 17.1 Å². The molecule has 0 bridgehead atoms. The van der Waals surface area contributed by atoms with Crippen LogP contribution in [0.1, 0.15) is 17.5 Å². The van der Waals surface area contributed by atoms with Crippen LogP contribution in [-0.4, -0.2) is 11.5 Å². The van der Waals surface area contributed by atoms with Crippen LogP contribution < -0.4 is 5.32 Å². The zero-order chi connectivity index (χ0) is 17.1. The minimum Gasteiger partial charge on any atom is -0.343 e. The first-order valence-corrected chi connectivity index (χ1v) is 8.41. The van der Waals surface area contributed by atoms with E-state index in [2.05, 4.69) is 36.5 Å². The second kappa shape index (κ2) is 6.73. The molecule has 0 saturated carbocycles. The maximum Gasteiger partial charge on any atom is 0.113 e. The summed E-state index contributed by atoms with van der Waals surface area (Å²) in [5, 5.41) is 3.44. The van der Waals surface area contributed by atoms with Crippen molar-refractivity contribution in [3.63, 3.8) is 0 Å². The quantitative estimate of drug-likeness (QED) is 0.648. The Bertz CT molecular complexity index is 939. The minimum atomic E-state index is 0.659. The van der Waals surface area contributed by atoms with Crippen molar-refractivity contribution >= 4 is 28.6 Å². The molecular formula is C22H19N3. The van der Waals surface area contributed by atoms with Crippen LogP contribution in [0, 0.1) is 6.92 Å². The van der Waals surface area contributed by atoms with E-state index >= 15 is 0 Å². The van der Waals surface area contributed by atoms with Crippen molar-refractivity contribution in [2.24, 2.45) is 9.98 Å². The van der Waals surface area contributed by atoms with Crippen molar-refractivity contribution in [3.05, 3.63) is 90.0 Å². The van der Waals surface area contributed by atoms with Crippen molar-refractivity contribution in [2.45, 2.75) is 13.3 Å². The predicted octanol–water partition coefficient (Wildman–Crippen LogP) is 5.66. The number of hydrogen-bond acceptors (Lipinski definition) is 3. The van der Waals surface area contributed by atoms with Crippen LogP contribution in [0.15, 0.2) is 88.8 Å². The number of nitrogens with one attached hydrogen (secondary N) is 1. The molecule has 0 saturated heterocycles. The molecule has 3 heteroatoms. The highest BCUT2D eigenvalue weighted by Gasteiger charge is 2.15. The number of rotatable bonds is 2. The lowest BCUT2D eigenvalue weighted by molar-refractivity contribution is 1.41. The normalized spacial score (nSPS) is 13.3. The maximum absolute atomic E-state index is 4.89. The molecule has 1 N–H and O–H groups in total. The molecule has 4 rings (SSSR count). The zero-order valence-electron chi connectivity index (χ0n) is 14.1. The zero-order valence-corrected chi connectivity index (χ0v) is 14.1. The Morgan fingerprint density at radius 2 is 1.36 bits per heavy atom. The van der Waals surface area contributed by atoms with Gasteiger partial charge in [-0.25, -0.2) is 4.99 Å². The van der Waals surface area contributed by atoms with Gasteiger partial charge in [0.1, 0.15) is 5.84 Å². The molecule has 0 fully saturated rings. The highest BCUT2D eigenvalue weighted by molar-refractivity contribution is 6.18. The smallest absolute Gasteiger partial charge is 0.113 e. The molecule has 0 atom stereocenters. The third kappa shape index (κ3) is 3.50. The van der Waals surface area contributed by atoms with Gasteiger partial charge < -0.3 is 5.32 Å². The Morgan fingerprint density at radius 3 is 2.08 bits per heavy atom. The summed E-state index contributed by atoms with van der Waals surface area (Å²) in [5.41, 5.74) is 6.22. The maximum atomic E-state index is 4.89. The molecule has 0 radical (unpaired) electrons. The molecule has 3 nitrogen and oxygen atoms in total. The van der Waals surface area contributed by atoms with Crippen LogP contribution in [0.25, 0.3) is 0 Å². The molecule has 0 spiro atoms. The first kappa shape index (κ1) is 15.3. The fourth-order valence-electron chi connectivity index (χ4n) is 2.85. The third-order valence-electron chi connectivity index (χ3n) is 4.17. The lowest BCUT2D eigenvalue weighted by atomic mass is 10.0. The van der Waals surface area contributed by atoms with Crippen LogP contribution >= 0.6 is 0 Å². The van der Waals surface area contributed by atoms with Gasteiger partial charge in [0.15, 0.2) is 0 Å². The Balaban J connectivity index is 1.75. The molecule has 1 heterocycles. The fourth-order valence-corrected chi connectivity index (χ4v) is 2.85. The van der Waals surface area contributed by atoms with Crippen molar-refractivity contribution in [2.75, 3.05) is 5.32 Å². The number of para-hydroxylation sites is 3. The second-order valence-corrected chi connectivity index (χ2v) is 6.14. The molecule has 0 aliphatic carbocycles. The van der Waals surface area contributed by atoms with Gasteiger partial charge in [-0.2, -0.15) is 0 Å². The molecule has 0 unspecified atom stereocenters. The molecule has 122 valence electrons. The number of anilines is 1. The average Bonchev–Trinajstić information content (AvgIpc) is 2.82. The Hall–Kier alpha value is -3.20. The van der Waals surface area contributed by atoms with Crippen LogP contribution in [0.2, 0.25) is 0 Å². The number of fused-ring (bicyclic) bond motifs is 1. The summed E-state index contributed by atoms with van der Waals surface area (Å²) in [5.74, 6) is 0.899. The molecule has 1 aliphatic rings. The van der Waals surface area contributed by atoms with Crippen molar-refractivity contribution in [3.8, 4) is 0 Å². The minimum absolute atomic E-state index is 0.659. The lowest BCUT2D eigenvalue weighted by Gasteiger charge is -2.10. The highest BCUT2D eigenvalue weighted by Crippen LogP contribution is 2.31. The van der Waals surface area contributed by atoms with Crippen LogP contribution in [0.5, 0.6) is 0 Å². The van der Waals surface area contributed by atoms with E-state index in [9.17, 15) is 0 Å². The SMILES string of the molecule is Cc1ccc(C2=Nc3ccccc3N=C(Nc3ccccc3)C2)cc1. The van der Waals surface area contributed by atoms with E-state index in [1.165, 1.54) is 5.56 Å². The fraction of sp³-hybridized carbons (Fsp3) is 0.0909. The van der Waals surface area contributed by atoms with Gasteiger partial charge in [-0.1, -0.05) is 60.2 Å². The number of hydrogen-bond donors (Lipinski definition) is 1. The number of amidine groups is 1. The van der Waals surface area contributed by atoms with Gasteiger partial charge in [-0.3, -0.25) is 4.99 Å². The standard InChI is InChI=1S/C22H19N3/c1-16-11-13-17(14-12-16)21-15-22(23-18-7-3-2-4-8-18)25-20-10-6-5-9-19(20)24-21/h2-14H,15H2,1H3,(H,23,25). The highest BCUT2D eigenvalue weighted by atomic mass is 15.0. The van der Waals surface area contributed by atoms with E-state index in [4.69, 9.17) is 9.98 Å². The molecule has 0 amide bonds. The Kier molecular flexibility index (Phi) is 4.13. The van der Waals surface area contributed by atoms with E-state index < -0.39 is 0 Å². The first-order valence-electron chi connectivity index (χ1n) is 8.41. The van der Waals surface area contributed by atoms with Crippen molar-refractivity contribution < 1.29 is 0 Å². The average molecular weight is 325 g/mol. The number of benzene rings is 3. The first-order chi connectivity index (χ1) is 12.3. The van der Waals surface area contributed by atoms with Gasteiger partial charge in [0.25, 0.3) is 0 Å². The molecule has 25 heavy (non-hydrogen) atoms. The summed E-state index contributed by atoms with van der Waals surface area (Å²) in [6, 6.07) is 26.6. The largest absolute Gasteiger partial charge is 0.343 e. The van der Waals surface area contributed by atoms with Gasteiger partial charge >= 0.3 is 0 Å². The third-order valence-corrected chi connectivity index (χ3v) is 4.17. The number of nitrogens with zero attached hydrogens (tertiary/aromatic N) is 2. The molecule has 3 aromatic rings. The van der Waals surface area contributed by atoms with E-state index in [1.807, 2.05) is 54.6 Å². The van der Waals surface area contributed by atoms with Gasteiger partial charge in [-0.15, -0.1) is 0 Å². The van der Waals surface area contributed by atoms with E-state index in [0.717, 1.165) is 34.2 Å². The molecular weight excluding hydrogens is 306 g/mol. The van der Waals surface area contributed by atoms with E-state index in [1.54, 1.807) is 0 Å². The molecule has 3 aromatic carbocycles. The second-order valence-electron chi connectivity index (χ2n) is 6.14. The van der Waals surface area contributed by atoms with E-state index in [-0.39, 0.29) is 0 Å². The summed E-state index contributed by atoms with van der Waals surface area (Å²) in [6.07, 6.45) is 0.659. The lowest BCUT2D eigenvalue weighted by Crippen LogP contribution is -2.16. The monoisotopic (exact) mass is 325 g/mol. The Labute approximate surface area is 147 Å². The van der Waals surface area contributed by atoms with Gasteiger partial charge in [0, 0.05) is 12.1 Å². The topological polar surface area (TPSA) is 36.8 Å². The molecule has 1 aliphatic heterocycles. The van der Waals surface area contributed by atoms with Gasteiger partial charge in [0.2, 0.25) is 0 Å².